The second kappa shape index (κ2) is 3.35. The number of hydrogen-bond donors (Lipinski definition) is 0. The van der Waals surface area contributed by atoms with E-state index < -0.39 is 0 Å². The van der Waals surface area contributed by atoms with Crippen LogP contribution in [0, 0.1) is 5.92 Å². The third-order valence-corrected chi connectivity index (χ3v) is 3.58. The molecular weight excluding hydrogens is 148 g/mol. The fraction of sp³-hybridized carbons (Fsp3) is 1.00. The molecule has 2 nitrogen and oxygen atoms in total. The lowest BCUT2D eigenvalue weighted by atomic mass is 9.93. The first-order valence-electron chi connectivity index (χ1n) is 5.24. The Kier molecular flexibility index (Phi) is 2.37. The van der Waals surface area contributed by atoms with E-state index in [4.69, 9.17) is 0 Å². The predicted molar refractivity (Wildman–Crippen MR) is 51.3 cm³/mol. The molecule has 2 aliphatic heterocycles. The van der Waals surface area contributed by atoms with Crippen LogP contribution in [-0.2, 0) is 0 Å². The first kappa shape index (κ1) is 8.52. The Bertz CT molecular complexity index is 158. The van der Waals surface area contributed by atoms with Crippen LogP contribution in [0.2, 0.25) is 0 Å². The molecule has 2 rings (SSSR count). The highest BCUT2D eigenvalue weighted by molar-refractivity contribution is 4.92. The van der Waals surface area contributed by atoms with Gasteiger partial charge < -0.3 is 9.80 Å². The van der Waals surface area contributed by atoms with E-state index in [1.807, 2.05) is 0 Å². The summed E-state index contributed by atoms with van der Waals surface area (Å²) in [5.41, 5.74) is 0. The zero-order chi connectivity index (χ0) is 8.55. The molecule has 0 N–H and O–H groups in total. The van der Waals surface area contributed by atoms with Gasteiger partial charge in [0.05, 0.1) is 0 Å². The van der Waals surface area contributed by atoms with Crippen LogP contribution in [0.3, 0.4) is 0 Å². The van der Waals surface area contributed by atoms with E-state index in [-0.39, 0.29) is 0 Å². The van der Waals surface area contributed by atoms with Crippen molar-refractivity contribution in [1.29, 1.82) is 0 Å². The lowest BCUT2D eigenvalue weighted by Gasteiger charge is -2.33. The molecule has 0 spiro atoms. The maximum atomic E-state index is 2.59. The molecule has 0 bridgehead atoms. The van der Waals surface area contributed by atoms with Crippen LogP contribution in [0.1, 0.15) is 19.8 Å². The Morgan fingerprint density at radius 3 is 2.83 bits per heavy atom. The summed E-state index contributed by atoms with van der Waals surface area (Å²) in [6.45, 7) is 7.50. The van der Waals surface area contributed by atoms with Crippen LogP contribution in [0.5, 0.6) is 0 Å². The summed E-state index contributed by atoms with van der Waals surface area (Å²) in [6, 6.07) is 0.874. The second-order valence-electron chi connectivity index (χ2n) is 4.30. The van der Waals surface area contributed by atoms with Crippen molar-refractivity contribution >= 4 is 0 Å². The molecule has 0 aliphatic carbocycles. The standard InChI is InChI=1S/C10H20N2/c1-3-12-7-9-5-4-6-11(2)10(9)8-12/h9-10H,3-8H2,1-2H3. The van der Waals surface area contributed by atoms with Gasteiger partial charge in [-0.25, -0.2) is 0 Å². The fourth-order valence-electron chi connectivity index (χ4n) is 2.75. The molecule has 0 amide bonds. The van der Waals surface area contributed by atoms with E-state index in [9.17, 15) is 0 Å². The second-order valence-corrected chi connectivity index (χ2v) is 4.30. The summed E-state index contributed by atoms with van der Waals surface area (Å²) in [5, 5.41) is 0. The van der Waals surface area contributed by atoms with Crippen molar-refractivity contribution in [1.82, 2.24) is 9.80 Å². The van der Waals surface area contributed by atoms with Crippen molar-refractivity contribution in [3.8, 4) is 0 Å². The number of hydrogen-bond acceptors (Lipinski definition) is 2. The van der Waals surface area contributed by atoms with Crippen molar-refractivity contribution in [3.63, 3.8) is 0 Å². The van der Waals surface area contributed by atoms with Crippen LogP contribution in [0.15, 0.2) is 0 Å². The molecule has 2 saturated heterocycles. The molecule has 0 radical (unpaired) electrons. The topological polar surface area (TPSA) is 6.48 Å². The monoisotopic (exact) mass is 168 g/mol. The zero-order valence-electron chi connectivity index (χ0n) is 8.29. The molecule has 70 valence electrons. The number of nitrogens with zero attached hydrogens (tertiary/aromatic N) is 2. The lowest BCUT2D eigenvalue weighted by Crippen LogP contribution is -2.42. The molecule has 2 atom stereocenters. The van der Waals surface area contributed by atoms with Gasteiger partial charge in [0, 0.05) is 19.1 Å². The highest BCUT2D eigenvalue weighted by Gasteiger charge is 2.36. The number of piperidine rings is 1. The Hall–Kier alpha value is -0.0800. The van der Waals surface area contributed by atoms with Gasteiger partial charge in [0.1, 0.15) is 0 Å². The Morgan fingerprint density at radius 1 is 1.33 bits per heavy atom. The zero-order valence-corrected chi connectivity index (χ0v) is 8.29. The van der Waals surface area contributed by atoms with Gasteiger partial charge in [-0.15, -0.1) is 0 Å². The first-order valence-corrected chi connectivity index (χ1v) is 5.24. The van der Waals surface area contributed by atoms with Gasteiger partial charge in [0.25, 0.3) is 0 Å². The highest BCUT2D eigenvalue weighted by atomic mass is 15.3. The molecule has 12 heavy (non-hydrogen) atoms. The molecule has 2 heterocycles. The van der Waals surface area contributed by atoms with Gasteiger partial charge in [-0.3, -0.25) is 0 Å². The van der Waals surface area contributed by atoms with Crippen LogP contribution >= 0.6 is 0 Å². The molecular formula is C10H20N2. The number of likely N-dealkylation sites (tertiary alicyclic amines) is 2. The normalized spacial score (nSPS) is 38.5. The number of fused-ring (bicyclic) bond motifs is 1. The van der Waals surface area contributed by atoms with E-state index in [1.54, 1.807) is 0 Å². The van der Waals surface area contributed by atoms with Gasteiger partial charge in [-0.1, -0.05) is 6.92 Å². The Labute approximate surface area is 75.5 Å². The van der Waals surface area contributed by atoms with Crippen molar-refractivity contribution in [2.75, 3.05) is 33.2 Å². The van der Waals surface area contributed by atoms with E-state index in [1.165, 1.54) is 39.0 Å². The van der Waals surface area contributed by atoms with Gasteiger partial charge in [-0.05, 0) is 38.9 Å². The number of rotatable bonds is 1. The SMILES string of the molecule is CCN1CC2CCCN(C)C2C1. The highest BCUT2D eigenvalue weighted by Crippen LogP contribution is 2.28. The van der Waals surface area contributed by atoms with Crippen molar-refractivity contribution in [3.05, 3.63) is 0 Å². The minimum absolute atomic E-state index is 0.874. The average Bonchev–Trinajstić information content (AvgIpc) is 2.49. The molecule has 0 aromatic carbocycles. The third-order valence-electron chi connectivity index (χ3n) is 3.58. The largest absolute Gasteiger partial charge is 0.302 e. The van der Waals surface area contributed by atoms with Crippen LogP contribution in [0.25, 0.3) is 0 Å². The summed E-state index contributed by atoms with van der Waals surface area (Å²) in [7, 11) is 2.29. The first-order chi connectivity index (χ1) is 5.81. The van der Waals surface area contributed by atoms with Gasteiger partial charge >= 0.3 is 0 Å². The van der Waals surface area contributed by atoms with Gasteiger partial charge in [-0.2, -0.15) is 0 Å². The molecule has 2 fully saturated rings. The molecule has 2 heteroatoms. The lowest BCUT2D eigenvalue weighted by molar-refractivity contribution is 0.156. The minimum atomic E-state index is 0.874. The smallest absolute Gasteiger partial charge is 0.0260 e. The molecule has 2 unspecified atom stereocenters. The van der Waals surface area contributed by atoms with Crippen molar-refractivity contribution < 1.29 is 0 Å². The predicted octanol–water partition coefficient (Wildman–Crippen LogP) is 1.03. The fourth-order valence-corrected chi connectivity index (χ4v) is 2.75. The summed E-state index contributed by atoms with van der Waals surface area (Å²) in [6.07, 6.45) is 2.88. The molecule has 0 aromatic heterocycles. The van der Waals surface area contributed by atoms with E-state index in [0.717, 1.165) is 12.0 Å². The minimum Gasteiger partial charge on any atom is -0.302 e. The third kappa shape index (κ3) is 1.38. The van der Waals surface area contributed by atoms with Crippen LogP contribution in [0.4, 0.5) is 0 Å². The van der Waals surface area contributed by atoms with E-state index in [2.05, 4.69) is 23.8 Å². The summed E-state index contributed by atoms with van der Waals surface area (Å²) in [4.78, 5) is 5.15. The summed E-state index contributed by atoms with van der Waals surface area (Å²) in [5.74, 6) is 0.976. The number of likely N-dealkylation sites (N-methyl/N-ethyl adjacent to an activating group) is 2. The molecule has 2 aliphatic rings. The molecule has 0 aromatic rings. The van der Waals surface area contributed by atoms with Crippen molar-refractivity contribution in [2.24, 2.45) is 5.92 Å². The van der Waals surface area contributed by atoms with Crippen molar-refractivity contribution in [2.45, 2.75) is 25.8 Å². The van der Waals surface area contributed by atoms with Gasteiger partial charge in [0.2, 0.25) is 0 Å². The Balaban J connectivity index is 1.99. The van der Waals surface area contributed by atoms with Gasteiger partial charge in [0.15, 0.2) is 0 Å². The molecule has 0 saturated carbocycles. The Morgan fingerprint density at radius 2 is 2.17 bits per heavy atom. The maximum Gasteiger partial charge on any atom is 0.0260 e. The van der Waals surface area contributed by atoms with Crippen LogP contribution < -0.4 is 0 Å². The average molecular weight is 168 g/mol. The summed E-state index contributed by atoms with van der Waals surface area (Å²) >= 11 is 0. The quantitative estimate of drug-likeness (QED) is 0.577. The van der Waals surface area contributed by atoms with Crippen LogP contribution in [-0.4, -0.2) is 49.1 Å². The maximum absolute atomic E-state index is 2.59. The van der Waals surface area contributed by atoms with E-state index >= 15 is 0 Å². The summed E-state index contributed by atoms with van der Waals surface area (Å²) < 4.78 is 0. The van der Waals surface area contributed by atoms with E-state index in [0.29, 0.717) is 0 Å².